The zero-order valence-corrected chi connectivity index (χ0v) is 12.5. The predicted molar refractivity (Wildman–Crippen MR) is 77.6 cm³/mol. The van der Waals surface area contributed by atoms with Gasteiger partial charge < -0.3 is 5.32 Å². The topological polar surface area (TPSA) is 37.8 Å². The van der Waals surface area contributed by atoms with Crippen LogP contribution in [0.5, 0.6) is 0 Å². The zero-order valence-electron chi connectivity index (χ0n) is 10.1. The SMILES string of the molecule is Cc1cc(Br)cc(-c2nnc(CNC3CC3)s2)c1. The van der Waals surface area contributed by atoms with Crippen LogP contribution in [0.15, 0.2) is 22.7 Å². The Morgan fingerprint density at radius 1 is 1.33 bits per heavy atom. The van der Waals surface area contributed by atoms with Gasteiger partial charge in [0.2, 0.25) is 0 Å². The van der Waals surface area contributed by atoms with E-state index in [1.54, 1.807) is 11.3 Å². The number of benzene rings is 1. The van der Waals surface area contributed by atoms with E-state index in [4.69, 9.17) is 0 Å². The Labute approximate surface area is 119 Å². The summed E-state index contributed by atoms with van der Waals surface area (Å²) in [4.78, 5) is 0. The van der Waals surface area contributed by atoms with Crippen molar-refractivity contribution in [2.75, 3.05) is 0 Å². The zero-order chi connectivity index (χ0) is 12.5. The largest absolute Gasteiger partial charge is 0.308 e. The molecule has 1 aromatic heterocycles. The lowest BCUT2D eigenvalue weighted by Gasteiger charge is -1.99. The molecule has 1 fully saturated rings. The van der Waals surface area contributed by atoms with E-state index >= 15 is 0 Å². The lowest BCUT2D eigenvalue weighted by atomic mass is 10.1. The fourth-order valence-corrected chi connectivity index (χ4v) is 3.21. The minimum atomic E-state index is 0.713. The molecule has 0 saturated heterocycles. The molecule has 0 atom stereocenters. The van der Waals surface area contributed by atoms with Crippen LogP contribution in [0.1, 0.15) is 23.4 Å². The van der Waals surface area contributed by atoms with Gasteiger partial charge in [0.05, 0.1) is 0 Å². The summed E-state index contributed by atoms with van der Waals surface area (Å²) < 4.78 is 1.09. The molecule has 1 aromatic carbocycles. The molecule has 1 aliphatic carbocycles. The highest BCUT2D eigenvalue weighted by Gasteiger charge is 2.20. The van der Waals surface area contributed by atoms with Gasteiger partial charge in [-0.25, -0.2) is 0 Å². The van der Waals surface area contributed by atoms with E-state index in [1.165, 1.54) is 18.4 Å². The fraction of sp³-hybridized carbons (Fsp3) is 0.385. The summed E-state index contributed by atoms with van der Waals surface area (Å²) in [5.41, 5.74) is 2.37. The van der Waals surface area contributed by atoms with Gasteiger partial charge in [0.15, 0.2) is 0 Å². The van der Waals surface area contributed by atoms with Gasteiger partial charge in [0.1, 0.15) is 10.0 Å². The van der Waals surface area contributed by atoms with Crippen LogP contribution in [-0.4, -0.2) is 16.2 Å². The van der Waals surface area contributed by atoms with E-state index < -0.39 is 0 Å². The fourth-order valence-electron chi connectivity index (χ4n) is 1.82. The normalized spacial score (nSPS) is 15.0. The summed E-state index contributed by atoms with van der Waals surface area (Å²) in [6, 6.07) is 7.04. The van der Waals surface area contributed by atoms with Gasteiger partial charge in [-0.15, -0.1) is 10.2 Å². The van der Waals surface area contributed by atoms with Crippen molar-refractivity contribution in [3.63, 3.8) is 0 Å². The molecule has 94 valence electrons. The molecule has 18 heavy (non-hydrogen) atoms. The van der Waals surface area contributed by atoms with E-state index in [0.29, 0.717) is 6.04 Å². The maximum absolute atomic E-state index is 4.27. The Kier molecular flexibility index (Phi) is 3.46. The lowest BCUT2D eigenvalue weighted by Crippen LogP contribution is -2.14. The molecule has 0 radical (unpaired) electrons. The van der Waals surface area contributed by atoms with Crippen LogP contribution in [0.4, 0.5) is 0 Å². The molecular weight excluding hydrogens is 310 g/mol. The Bertz CT molecular complexity index is 543. The number of hydrogen-bond acceptors (Lipinski definition) is 4. The summed E-state index contributed by atoms with van der Waals surface area (Å²) in [5, 5.41) is 14.0. The van der Waals surface area contributed by atoms with Gasteiger partial charge in [-0.3, -0.25) is 0 Å². The number of nitrogens with zero attached hydrogens (tertiary/aromatic N) is 2. The van der Waals surface area contributed by atoms with E-state index in [0.717, 1.165) is 26.6 Å². The summed E-state index contributed by atoms with van der Waals surface area (Å²) in [7, 11) is 0. The summed E-state index contributed by atoms with van der Waals surface area (Å²) in [6.45, 7) is 2.93. The standard InChI is InChI=1S/C13H14BrN3S/c1-8-4-9(6-10(14)5-8)13-17-16-12(18-13)7-15-11-2-3-11/h4-6,11,15H,2-3,7H2,1H3. The number of rotatable bonds is 4. The molecule has 0 amide bonds. The predicted octanol–water partition coefficient (Wildman–Crippen LogP) is 3.53. The first-order valence-electron chi connectivity index (χ1n) is 6.04. The van der Waals surface area contributed by atoms with Crippen molar-refractivity contribution in [3.05, 3.63) is 33.2 Å². The summed E-state index contributed by atoms with van der Waals surface area (Å²) in [5.74, 6) is 0. The Morgan fingerprint density at radius 2 is 2.17 bits per heavy atom. The third-order valence-electron chi connectivity index (χ3n) is 2.88. The van der Waals surface area contributed by atoms with Gasteiger partial charge in [-0.2, -0.15) is 0 Å². The highest BCUT2D eigenvalue weighted by atomic mass is 79.9. The van der Waals surface area contributed by atoms with Crippen LogP contribution in [-0.2, 0) is 6.54 Å². The van der Waals surface area contributed by atoms with Crippen LogP contribution in [0.25, 0.3) is 10.6 Å². The minimum Gasteiger partial charge on any atom is -0.308 e. The smallest absolute Gasteiger partial charge is 0.147 e. The van der Waals surface area contributed by atoms with Crippen molar-refractivity contribution >= 4 is 27.3 Å². The van der Waals surface area contributed by atoms with Gasteiger partial charge >= 0.3 is 0 Å². The number of halogens is 1. The third-order valence-corrected chi connectivity index (χ3v) is 4.31. The molecule has 0 spiro atoms. The molecule has 3 nitrogen and oxygen atoms in total. The van der Waals surface area contributed by atoms with E-state index in [1.807, 2.05) is 0 Å². The molecule has 3 rings (SSSR count). The van der Waals surface area contributed by atoms with Gasteiger partial charge in [0, 0.05) is 22.6 Å². The van der Waals surface area contributed by atoms with Crippen LogP contribution in [0, 0.1) is 6.92 Å². The first kappa shape index (κ1) is 12.3. The van der Waals surface area contributed by atoms with Crippen LogP contribution in [0.2, 0.25) is 0 Å². The van der Waals surface area contributed by atoms with Crippen molar-refractivity contribution in [1.29, 1.82) is 0 Å². The van der Waals surface area contributed by atoms with Crippen molar-refractivity contribution in [1.82, 2.24) is 15.5 Å². The maximum Gasteiger partial charge on any atom is 0.147 e. The lowest BCUT2D eigenvalue weighted by molar-refractivity contribution is 0.679. The molecule has 0 unspecified atom stereocenters. The van der Waals surface area contributed by atoms with E-state index in [9.17, 15) is 0 Å². The van der Waals surface area contributed by atoms with Gasteiger partial charge in [0.25, 0.3) is 0 Å². The van der Waals surface area contributed by atoms with Crippen molar-refractivity contribution in [3.8, 4) is 10.6 Å². The average molecular weight is 324 g/mol. The second kappa shape index (κ2) is 5.07. The quantitative estimate of drug-likeness (QED) is 0.935. The minimum absolute atomic E-state index is 0.713. The number of hydrogen-bond donors (Lipinski definition) is 1. The Balaban J connectivity index is 1.78. The first-order chi connectivity index (χ1) is 8.70. The van der Waals surface area contributed by atoms with Crippen molar-refractivity contribution in [2.45, 2.75) is 32.4 Å². The average Bonchev–Trinajstić information content (AvgIpc) is 3.02. The monoisotopic (exact) mass is 323 g/mol. The molecule has 2 aromatic rings. The third kappa shape index (κ3) is 2.96. The van der Waals surface area contributed by atoms with Gasteiger partial charge in [-0.1, -0.05) is 27.3 Å². The molecule has 1 aliphatic rings. The molecule has 1 heterocycles. The summed E-state index contributed by atoms with van der Waals surface area (Å²) >= 11 is 5.19. The molecular formula is C13H14BrN3S. The Hall–Kier alpha value is -0.780. The second-order valence-electron chi connectivity index (χ2n) is 4.67. The van der Waals surface area contributed by atoms with E-state index in [-0.39, 0.29) is 0 Å². The van der Waals surface area contributed by atoms with Crippen molar-refractivity contribution in [2.24, 2.45) is 0 Å². The molecule has 1 N–H and O–H groups in total. The number of aryl methyl sites for hydroxylation is 1. The van der Waals surface area contributed by atoms with Crippen LogP contribution >= 0.6 is 27.3 Å². The maximum atomic E-state index is 4.27. The molecule has 0 aliphatic heterocycles. The molecule has 1 saturated carbocycles. The van der Waals surface area contributed by atoms with Crippen LogP contribution in [0.3, 0.4) is 0 Å². The van der Waals surface area contributed by atoms with Crippen LogP contribution < -0.4 is 5.32 Å². The highest BCUT2D eigenvalue weighted by molar-refractivity contribution is 9.10. The molecule has 0 bridgehead atoms. The highest BCUT2D eigenvalue weighted by Crippen LogP contribution is 2.28. The van der Waals surface area contributed by atoms with Crippen molar-refractivity contribution < 1.29 is 0 Å². The van der Waals surface area contributed by atoms with E-state index in [2.05, 4.69) is 56.6 Å². The molecule has 5 heteroatoms. The number of aromatic nitrogens is 2. The first-order valence-corrected chi connectivity index (χ1v) is 7.65. The Morgan fingerprint density at radius 3 is 2.89 bits per heavy atom. The second-order valence-corrected chi connectivity index (χ2v) is 6.65. The van der Waals surface area contributed by atoms with Gasteiger partial charge in [-0.05, 0) is 43.5 Å². The summed E-state index contributed by atoms with van der Waals surface area (Å²) in [6.07, 6.45) is 2.60. The number of nitrogens with one attached hydrogen (secondary N) is 1.